The highest BCUT2D eigenvalue weighted by Crippen LogP contribution is 2.35. The normalized spacial score (nSPS) is 18.6. The Morgan fingerprint density at radius 3 is 2.74 bits per heavy atom. The molecule has 128 valence electrons. The predicted octanol–water partition coefficient (Wildman–Crippen LogP) is 3.86. The molecular weight excluding hydrogens is 312 g/mol. The summed E-state index contributed by atoms with van der Waals surface area (Å²) in [6.45, 7) is 8.57. The Labute approximate surface area is 142 Å². The minimum atomic E-state index is -0.307. The van der Waals surface area contributed by atoms with E-state index in [1.165, 1.54) is 0 Å². The van der Waals surface area contributed by atoms with Crippen LogP contribution in [0.1, 0.15) is 43.9 Å². The first-order valence-corrected chi connectivity index (χ1v) is 9.16. The summed E-state index contributed by atoms with van der Waals surface area (Å²) in [4.78, 5) is 10.8. The van der Waals surface area contributed by atoms with Crippen molar-refractivity contribution in [3.63, 3.8) is 0 Å². The van der Waals surface area contributed by atoms with Crippen LogP contribution in [0.15, 0.2) is 18.2 Å². The van der Waals surface area contributed by atoms with Crippen molar-refractivity contribution in [2.75, 3.05) is 25.5 Å². The zero-order valence-corrected chi connectivity index (χ0v) is 14.9. The smallest absolute Gasteiger partial charge is 0.272 e. The summed E-state index contributed by atoms with van der Waals surface area (Å²) < 4.78 is 5.72. The van der Waals surface area contributed by atoms with Gasteiger partial charge in [-0.15, -0.1) is 0 Å². The Morgan fingerprint density at radius 1 is 1.43 bits per heavy atom. The lowest BCUT2D eigenvalue weighted by molar-refractivity contribution is -0.385. The van der Waals surface area contributed by atoms with Crippen LogP contribution in [0, 0.1) is 17.0 Å². The molecule has 1 aliphatic heterocycles. The van der Waals surface area contributed by atoms with Gasteiger partial charge in [0, 0.05) is 42.2 Å². The topological polar surface area (TPSA) is 64.4 Å². The van der Waals surface area contributed by atoms with Crippen LogP contribution in [0.5, 0.6) is 0 Å². The van der Waals surface area contributed by atoms with E-state index in [1.54, 1.807) is 13.0 Å². The van der Waals surface area contributed by atoms with Gasteiger partial charge in [-0.25, -0.2) is 0 Å². The number of thioether (sulfide) groups is 1. The average Bonchev–Trinajstić information content (AvgIpc) is 2.54. The van der Waals surface area contributed by atoms with E-state index in [-0.39, 0.29) is 21.4 Å². The average molecular weight is 338 g/mol. The number of hydrogen-bond acceptors (Lipinski definition) is 5. The van der Waals surface area contributed by atoms with Crippen molar-refractivity contribution in [1.82, 2.24) is 5.32 Å². The first kappa shape index (κ1) is 18.2. The van der Waals surface area contributed by atoms with Gasteiger partial charge >= 0.3 is 0 Å². The standard InChI is InChI=1S/C17H26N2O3S/c1-4-23-17(7-9-22-10-8-17)12-18-14(3)15-6-5-13(2)16(11-15)19(20)21/h5-6,11,14,18H,4,7-10,12H2,1-3H3/t14-/m1/s1. The van der Waals surface area contributed by atoms with Crippen LogP contribution in [-0.2, 0) is 4.74 Å². The quantitative estimate of drug-likeness (QED) is 0.604. The molecule has 1 atom stereocenters. The maximum atomic E-state index is 11.1. The van der Waals surface area contributed by atoms with Crippen LogP contribution in [0.2, 0.25) is 0 Å². The van der Waals surface area contributed by atoms with Gasteiger partial charge in [-0.3, -0.25) is 10.1 Å². The molecule has 1 heterocycles. The Kier molecular flexibility index (Phi) is 6.44. The summed E-state index contributed by atoms with van der Waals surface area (Å²) in [5.74, 6) is 1.09. The molecule has 1 aromatic carbocycles. The molecule has 0 saturated carbocycles. The fraction of sp³-hybridized carbons (Fsp3) is 0.647. The highest BCUT2D eigenvalue weighted by atomic mass is 32.2. The van der Waals surface area contributed by atoms with E-state index in [0.29, 0.717) is 5.56 Å². The van der Waals surface area contributed by atoms with Gasteiger partial charge in [0.1, 0.15) is 0 Å². The van der Waals surface area contributed by atoms with Crippen LogP contribution in [0.4, 0.5) is 5.69 Å². The van der Waals surface area contributed by atoms with E-state index in [2.05, 4.69) is 19.2 Å². The number of nitrogens with zero attached hydrogens (tertiary/aromatic N) is 1. The lowest BCUT2D eigenvalue weighted by atomic mass is 9.97. The molecule has 5 nitrogen and oxygen atoms in total. The SMILES string of the molecule is CCSC1(CN[C@H](C)c2ccc(C)c([N+](=O)[O-])c2)CCOCC1. The van der Waals surface area contributed by atoms with Gasteiger partial charge in [-0.2, -0.15) is 11.8 Å². The number of benzene rings is 1. The molecule has 1 saturated heterocycles. The third-order valence-corrected chi connectivity index (χ3v) is 5.97. The molecule has 1 fully saturated rings. The monoisotopic (exact) mass is 338 g/mol. The maximum absolute atomic E-state index is 11.1. The summed E-state index contributed by atoms with van der Waals surface area (Å²) in [7, 11) is 0. The van der Waals surface area contributed by atoms with E-state index in [4.69, 9.17) is 4.74 Å². The zero-order chi connectivity index (χ0) is 16.9. The van der Waals surface area contributed by atoms with Crippen molar-refractivity contribution in [2.45, 2.75) is 44.4 Å². The van der Waals surface area contributed by atoms with Gasteiger partial charge in [-0.1, -0.05) is 19.1 Å². The van der Waals surface area contributed by atoms with E-state index in [0.717, 1.165) is 43.9 Å². The minimum Gasteiger partial charge on any atom is -0.381 e. The number of rotatable bonds is 7. The Hall–Kier alpha value is -1.11. The first-order valence-electron chi connectivity index (χ1n) is 8.17. The van der Waals surface area contributed by atoms with E-state index in [9.17, 15) is 10.1 Å². The van der Waals surface area contributed by atoms with E-state index in [1.807, 2.05) is 23.9 Å². The molecule has 6 heteroatoms. The molecule has 2 rings (SSSR count). The van der Waals surface area contributed by atoms with Gasteiger partial charge in [0.25, 0.3) is 5.69 Å². The van der Waals surface area contributed by atoms with Crippen molar-refractivity contribution < 1.29 is 9.66 Å². The number of nitro benzene ring substituents is 1. The van der Waals surface area contributed by atoms with Gasteiger partial charge in [0.05, 0.1) is 4.92 Å². The molecule has 0 unspecified atom stereocenters. The third-order valence-electron chi connectivity index (χ3n) is 4.51. The Morgan fingerprint density at radius 2 is 2.13 bits per heavy atom. The molecule has 1 N–H and O–H groups in total. The zero-order valence-electron chi connectivity index (χ0n) is 14.1. The largest absolute Gasteiger partial charge is 0.381 e. The molecule has 0 bridgehead atoms. The van der Waals surface area contributed by atoms with E-state index >= 15 is 0 Å². The van der Waals surface area contributed by atoms with Gasteiger partial charge in [0.15, 0.2) is 0 Å². The van der Waals surface area contributed by atoms with Crippen LogP contribution >= 0.6 is 11.8 Å². The molecule has 0 aromatic heterocycles. The molecular formula is C17H26N2O3S. The van der Waals surface area contributed by atoms with Crippen LogP contribution < -0.4 is 5.32 Å². The highest BCUT2D eigenvalue weighted by Gasteiger charge is 2.32. The second-order valence-electron chi connectivity index (χ2n) is 6.13. The predicted molar refractivity (Wildman–Crippen MR) is 95.2 cm³/mol. The number of aryl methyl sites for hydroxylation is 1. The second-order valence-corrected chi connectivity index (χ2v) is 7.87. The molecule has 1 aromatic rings. The number of nitrogens with one attached hydrogen (secondary N) is 1. The second kappa shape index (κ2) is 8.13. The van der Waals surface area contributed by atoms with Crippen molar-refractivity contribution in [3.05, 3.63) is 39.4 Å². The van der Waals surface area contributed by atoms with Gasteiger partial charge < -0.3 is 10.1 Å². The summed E-state index contributed by atoms with van der Waals surface area (Å²) >= 11 is 2.00. The van der Waals surface area contributed by atoms with Crippen molar-refractivity contribution in [1.29, 1.82) is 0 Å². The molecule has 23 heavy (non-hydrogen) atoms. The first-order chi connectivity index (χ1) is 11.0. The van der Waals surface area contributed by atoms with Crippen molar-refractivity contribution >= 4 is 17.4 Å². The van der Waals surface area contributed by atoms with Crippen molar-refractivity contribution in [3.8, 4) is 0 Å². The lowest BCUT2D eigenvalue weighted by Gasteiger charge is -2.37. The summed E-state index contributed by atoms with van der Waals surface area (Å²) in [5, 5.41) is 14.7. The van der Waals surface area contributed by atoms with Crippen molar-refractivity contribution in [2.24, 2.45) is 0 Å². The summed E-state index contributed by atoms with van der Waals surface area (Å²) in [6.07, 6.45) is 2.11. The highest BCUT2D eigenvalue weighted by molar-refractivity contribution is 8.00. The minimum absolute atomic E-state index is 0.0893. The lowest BCUT2D eigenvalue weighted by Crippen LogP contribution is -2.43. The van der Waals surface area contributed by atoms with Gasteiger partial charge in [0.2, 0.25) is 0 Å². The fourth-order valence-corrected chi connectivity index (χ4v) is 4.22. The number of hydrogen-bond donors (Lipinski definition) is 1. The maximum Gasteiger partial charge on any atom is 0.272 e. The summed E-state index contributed by atoms with van der Waals surface area (Å²) in [5.41, 5.74) is 1.86. The number of nitro groups is 1. The molecule has 0 spiro atoms. The molecule has 0 aliphatic carbocycles. The molecule has 0 amide bonds. The third kappa shape index (κ3) is 4.68. The van der Waals surface area contributed by atoms with Crippen LogP contribution in [0.3, 0.4) is 0 Å². The Bertz CT molecular complexity index is 539. The fourth-order valence-electron chi connectivity index (χ4n) is 2.97. The molecule has 1 aliphatic rings. The van der Waals surface area contributed by atoms with Gasteiger partial charge in [-0.05, 0) is 38.0 Å². The summed E-state index contributed by atoms with van der Waals surface area (Å²) in [6, 6.07) is 5.59. The Balaban J connectivity index is 2.04. The molecule has 0 radical (unpaired) electrons. The van der Waals surface area contributed by atoms with Crippen LogP contribution in [0.25, 0.3) is 0 Å². The number of ether oxygens (including phenoxy) is 1. The van der Waals surface area contributed by atoms with Crippen LogP contribution in [-0.4, -0.2) is 35.2 Å². The van der Waals surface area contributed by atoms with E-state index < -0.39 is 0 Å².